The van der Waals surface area contributed by atoms with E-state index in [-0.39, 0.29) is 16.1 Å². The summed E-state index contributed by atoms with van der Waals surface area (Å²) in [6, 6.07) is 4.03. The minimum Gasteiger partial charge on any atom is -0.475 e. The van der Waals surface area contributed by atoms with Crippen LogP contribution in [-0.2, 0) is 11.5 Å². The Morgan fingerprint density at radius 2 is 2.07 bits per heavy atom. The van der Waals surface area contributed by atoms with Crippen molar-refractivity contribution in [3.05, 3.63) is 34.3 Å². The fourth-order valence-electron chi connectivity index (χ4n) is 1.02. The number of hydrogen-bond donors (Lipinski definition) is 1. The second-order valence-electron chi connectivity index (χ2n) is 2.53. The Hall–Kier alpha value is -1.42. The highest BCUT2D eigenvalue weighted by Crippen LogP contribution is 2.21. The maximum atomic E-state index is 12.4. The van der Waals surface area contributed by atoms with E-state index in [1.807, 2.05) is 0 Å². The number of carbonyl (C=O) groups is 2. The summed E-state index contributed by atoms with van der Waals surface area (Å²) in [5, 5.41) is 8.49. The van der Waals surface area contributed by atoms with Crippen molar-refractivity contribution in [3.63, 3.8) is 0 Å². The van der Waals surface area contributed by atoms with Crippen LogP contribution in [0, 0.1) is 0 Å². The van der Waals surface area contributed by atoms with E-state index in [1.165, 1.54) is 18.2 Å². The molecular weight excluding hydrogens is 211 g/mol. The highest BCUT2D eigenvalue weighted by molar-refractivity contribution is 6.41. The van der Waals surface area contributed by atoms with E-state index < -0.39 is 18.4 Å². The lowest BCUT2D eigenvalue weighted by Gasteiger charge is -2.04. The summed E-state index contributed by atoms with van der Waals surface area (Å²) >= 11 is 5.59. The molecule has 0 aromatic heterocycles. The highest BCUT2D eigenvalue weighted by Gasteiger charge is 2.19. The van der Waals surface area contributed by atoms with Gasteiger partial charge in [0, 0.05) is 16.1 Å². The lowest BCUT2D eigenvalue weighted by molar-refractivity contribution is -0.131. The van der Waals surface area contributed by atoms with Crippen molar-refractivity contribution in [1.82, 2.24) is 0 Å². The minimum absolute atomic E-state index is 0.0552. The summed E-state index contributed by atoms with van der Waals surface area (Å²) in [6.45, 7) is -0.964. The van der Waals surface area contributed by atoms with Gasteiger partial charge < -0.3 is 5.11 Å². The lowest BCUT2D eigenvalue weighted by atomic mass is 10.0. The molecule has 3 nitrogen and oxygen atoms in total. The first kappa shape index (κ1) is 10.7. The van der Waals surface area contributed by atoms with Crippen LogP contribution in [0.3, 0.4) is 0 Å². The van der Waals surface area contributed by atoms with Crippen LogP contribution in [0.4, 0.5) is 4.39 Å². The van der Waals surface area contributed by atoms with E-state index in [1.54, 1.807) is 0 Å². The summed E-state index contributed by atoms with van der Waals surface area (Å²) in [5.41, 5.74) is -0.283. The Bertz CT molecular complexity index is 390. The molecule has 0 atom stereocenters. The first-order valence-electron chi connectivity index (χ1n) is 3.69. The molecule has 0 saturated heterocycles. The summed E-state index contributed by atoms with van der Waals surface area (Å²) in [4.78, 5) is 21.4. The zero-order valence-corrected chi connectivity index (χ0v) is 7.71. The number of carboxylic acid groups (broad SMARTS) is 1. The molecule has 0 radical (unpaired) electrons. The second kappa shape index (κ2) is 4.19. The summed E-state index contributed by atoms with van der Waals surface area (Å²) in [5.74, 6) is -2.78. The van der Waals surface area contributed by atoms with Gasteiger partial charge >= 0.3 is 5.97 Å². The molecule has 1 rings (SSSR count). The molecule has 0 fully saturated rings. The molecule has 0 spiro atoms. The molecule has 0 unspecified atom stereocenters. The third-order valence-corrected chi connectivity index (χ3v) is 2.05. The van der Waals surface area contributed by atoms with E-state index in [2.05, 4.69) is 0 Å². The molecule has 1 N–H and O–H groups in total. The predicted molar refractivity (Wildman–Crippen MR) is 48.2 cm³/mol. The average molecular weight is 217 g/mol. The molecule has 0 aliphatic carbocycles. The Kier molecular flexibility index (Phi) is 3.19. The molecule has 0 heterocycles. The van der Waals surface area contributed by atoms with Crippen LogP contribution in [0.2, 0.25) is 5.02 Å². The molecule has 0 aliphatic rings. The van der Waals surface area contributed by atoms with Gasteiger partial charge in [0.15, 0.2) is 0 Å². The minimum atomic E-state index is -1.62. The number of hydrogen-bond acceptors (Lipinski definition) is 2. The Morgan fingerprint density at radius 1 is 1.43 bits per heavy atom. The van der Waals surface area contributed by atoms with Crippen molar-refractivity contribution in [2.24, 2.45) is 0 Å². The number of Topliss-reactive ketones (excluding diaryl/α,β-unsaturated/α-hetero) is 1. The van der Waals surface area contributed by atoms with Crippen molar-refractivity contribution in [2.45, 2.75) is 6.67 Å². The van der Waals surface area contributed by atoms with Crippen LogP contribution >= 0.6 is 11.6 Å². The fraction of sp³-hybridized carbons (Fsp3) is 0.111. The standard InChI is InChI=1S/C9H6ClFO3/c10-7-3-1-2-5(6(7)4-11)8(12)9(13)14/h1-3H,4H2,(H,13,14). The largest absolute Gasteiger partial charge is 0.475 e. The number of ketones is 1. The number of carbonyl (C=O) groups excluding carboxylic acids is 1. The van der Waals surface area contributed by atoms with Crippen molar-refractivity contribution in [3.8, 4) is 0 Å². The van der Waals surface area contributed by atoms with Gasteiger partial charge in [-0.25, -0.2) is 9.18 Å². The second-order valence-corrected chi connectivity index (χ2v) is 2.94. The zero-order valence-electron chi connectivity index (χ0n) is 6.96. The van der Waals surface area contributed by atoms with Gasteiger partial charge in [-0.2, -0.15) is 0 Å². The third-order valence-electron chi connectivity index (χ3n) is 1.69. The monoisotopic (exact) mass is 216 g/mol. The van der Waals surface area contributed by atoms with Crippen LogP contribution in [-0.4, -0.2) is 16.9 Å². The molecule has 0 aliphatic heterocycles. The van der Waals surface area contributed by atoms with E-state index >= 15 is 0 Å². The van der Waals surface area contributed by atoms with Gasteiger partial charge in [-0.1, -0.05) is 23.7 Å². The number of carboxylic acids is 1. The van der Waals surface area contributed by atoms with Gasteiger partial charge in [-0.3, -0.25) is 4.79 Å². The Labute approximate surface area is 84.1 Å². The Morgan fingerprint density at radius 3 is 2.57 bits per heavy atom. The maximum absolute atomic E-state index is 12.4. The van der Waals surface area contributed by atoms with Crippen molar-refractivity contribution < 1.29 is 19.1 Å². The molecule has 1 aromatic rings. The van der Waals surface area contributed by atoms with E-state index in [9.17, 15) is 14.0 Å². The van der Waals surface area contributed by atoms with Gasteiger partial charge in [0.1, 0.15) is 6.67 Å². The topological polar surface area (TPSA) is 54.4 Å². The molecule has 0 amide bonds. The molecule has 0 saturated carbocycles. The number of alkyl halides is 1. The van der Waals surface area contributed by atoms with Crippen LogP contribution in [0.25, 0.3) is 0 Å². The van der Waals surface area contributed by atoms with Gasteiger partial charge in [0.2, 0.25) is 0 Å². The quantitative estimate of drug-likeness (QED) is 0.622. The number of halogens is 2. The van der Waals surface area contributed by atoms with Crippen molar-refractivity contribution >= 4 is 23.4 Å². The van der Waals surface area contributed by atoms with Crippen molar-refractivity contribution in [2.75, 3.05) is 0 Å². The summed E-state index contributed by atoms with van der Waals surface area (Å²) in [7, 11) is 0. The zero-order chi connectivity index (χ0) is 10.7. The van der Waals surface area contributed by atoms with Gasteiger partial charge in [0.05, 0.1) is 0 Å². The number of rotatable bonds is 3. The first-order chi connectivity index (χ1) is 6.57. The van der Waals surface area contributed by atoms with E-state index in [4.69, 9.17) is 16.7 Å². The van der Waals surface area contributed by atoms with Gasteiger partial charge in [-0.15, -0.1) is 0 Å². The molecule has 1 aromatic carbocycles. The normalized spacial score (nSPS) is 9.86. The number of benzene rings is 1. The van der Waals surface area contributed by atoms with E-state index in [0.29, 0.717) is 0 Å². The van der Waals surface area contributed by atoms with Crippen LogP contribution in [0.1, 0.15) is 15.9 Å². The van der Waals surface area contributed by atoms with E-state index in [0.717, 1.165) is 0 Å². The van der Waals surface area contributed by atoms with Crippen LogP contribution < -0.4 is 0 Å². The third kappa shape index (κ3) is 1.90. The van der Waals surface area contributed by atoms with Crippen LogP contribution in [0.15, 0.2) is 18.2 Å². The van der Waals surface area contributed by atoms with Gasteiger partial charge in [-0.05, 0) is 6.07 Å². The molecule has 74 valence electrons. The van der Waals surface area contributed by atoms with Crippen LogP contribution in [0.5, 0.6) is 0 Å². The summed E-state index contributed by atoms with van der Waals surface area (Å²) < 4.78 is 12.4. The summed E-state index contributed by atoms with van der Waals surface area (Å²) in [6.07, 6.45) is 0. The van der Waals surface area contributed by atoms with Gasteiger partial charge in [0.25, 0.3) is 5.78 Å². The SMILES string of the molecule is O=C(O)C(=O)c1cccc(Cl)c1CF. The molecular formula is C9H6ClFO3. The average Bonchev–Trinajstić information content (AvgIpc) is 2.16. The number of aliphatic carboxylic acids is 1. The fourth-order valence-corrected chi connectivity index (χ4v) is 1.25. The predicted octanol–water partition coefficient (Wildman–Crippen LogP) is 2.08. The Balaban J connectivity index is 3.27. The molecule has 0 bridgehead atoms. The molecule has 5 heteroatoms. The first-order valence-corrected chi connectivity index (χ1v) is 4.06. The lowest BCUT2D eigenvalue weighted by Crippen LogP contribution is -2.14. The highest BCUT2D eigenvalue weighted by atomic mass is 35.5. The maximum Gasteiger partial charge on any atom is 0.377 e. The smallest absolute Gasteiger partial charge is 0.377 e. The molecule has 14 heavy (non-hydrogen) atoms. The van der Waals surface area contributed by atoms with Crippen molar-refractivity contribution in [1.29, 1.82) is 0 Å².